The van der Waals surface area contributed by atoms with E-state index in [1.54, 1.807) is 0 Å². The summed E-state index contributed by atoms with van der Waals surface area (Å²) in [6.45, 7) is 2.97. The number of piperidine rings is 1. The van der Waals surface area contributed by atoms with Crippen LogP contribution in [0, 0.1) is 0 Å². The van der Waals surface area contributed by atoms with Gasteiger partial charge in [-0.05, 0) is 49.3 Å². The lowest BCUT2D eigenvalue weighted by Gasteiger charge is -2.49. The first kappa shape index (κ1) is 16.6. The van der Waals surface area contributed by atoms with E-state index >= 15 is 0 Å². The largest absolute Gasteiger partial charge is 0.493 e. The monoisotopic (exact) mass is 356 g/mol. The molecule has 1 amide bonds. The summed E-state index contributed by atoms with van der Waals surface area (Å²) in [4.78, 5) is 16.4. The second-order valence-electron chi connectivity index (χ2n) is 8.54. The second kappa shape index (κ2) is 6.24. The van der Waals surface area contributed by atoms with E-state index in [-0.39, 0.29) is 18.1 Å². The molecule has 4 heterocycles. The van der Waals surface area contributed by atoms with Crippen molar-refractivity contribution < 1.29 is 14.3 Å². The Morgan fingerprint density at radius 1 is 1.23 bits per heavy atom. The number of rotatable bonds is 3. The predicted molar refractivity (Wildman–Crippen MR) is 98.4 cm³/mol. The highest BCUT2D eigenvalue weighted by Crippen LogP contribution is 2.44. The van der Waals surface area contributed by atoms with Crippen LogP contribution in [0.5, 0.6) is 5.75 Å². The minimum Gasteiger partial charge on any atom is -0.493 e. The highest BCUT2D eigenvalue weighted by atomic mass is 16.5. The molecule has 2 bridgehead atoms. The maximum atomic E-state index is 11.8. The first-order chi connectivity index (χ1) is 12.6. The van der Waals surface area contributed by atoms with Gasteiger partial charge in [0.15, 0.2) is 0 Å². The molecule has 4 aliphatic heterocycles. The highest BCUT2D eigenvalue weighted by Gasteiger charge is 2.51. The number of carbonyl (C=O) groups excluding carboxylic acids is 1. The van der Waals surface area contributed by atoms with Gasteiger partial charge in [0, 0.05) is 38.6 Å². The van der Waals surface area contributed by atoms with E-state index in [0.29, 0.717) is 12.1 Å². The molecule has 1 spiro atoms. The fourth-order valence-corrected chi connectivity index (χ4v) is 5.55. The van der Waals surface area contributed by atoms with Gasteiger partial charge < -0.3 is 14.4 Å². The van der Waals surface area contributed by atoms with Crippen molar-refractivity contribution in [2.75, 3.05) is 33.4 Å². The Morgan fingerprint density at radius 2 is 2.04 bits per heavy atom. The van der Waals surface area contributed by atoms with Crippen LogP contribution < -0.4 is 4.74 Å². The zero-order chi connectivity index (χ0) is 17.7. The van der Waals surface area contributed by atoms with Gasteiger partial charge in [-0.2, -0.15) is 0 Å². The van der Waals surface area contributed by atoms with Gasteiger partial charge in [-0.25, -0.2) is 0 Å². The molecule has 3 fully saturated rings. The third kappa shape index (κ3) is 2.81. The number of ether oxygens (including phenoxy) is 2. The molecule has 0 radical (unpaired) electrons. The molecule has 5 heteroatoms. The number of carbonyl (C=O) groups is 1. The zero-order valence-corrected chi connectivity index (χ0v) is 15.6. The molecule has 0 N–H and O–H groups in total. The third-order valence-corrected chi connectivity index (χ3v) is 6.85. The van der Waals surface area contributed by atoms with E-state index in [0.717, 1.165) is 51.1 Å². The standard InChI is InChI=1S/C21H28N2O3/c1-22-14-21(26-13-20(22)24)11-17-3-4-18(12-21)23(17)8-6-15-2-5-19-16(10-15)7-9-25-19/h2,5,10,17-18H,3-4,6-9,11-14H2,1H3. The van der Waals surface area contributed by atoms with Crippen molar-refractivity contribution in [2.45, 2.75) is 56.2 Å². The van der Waals surface area contributed by atoms with Crippen LogP contribution in [0.1, 0.15) is 36.8 Å². The highest BCUT2D eigenvalue weighted by molar-refractivity contribution is 5.78. The molecule has 2 unspecified atom stereocenters. The fourth-order valence-electron chi connectivity index (χ4n) is 5.55. The minimum atomic E-state index is -0.101. The van der Waals surface area contributed by atoms with Crippen LogP contribution in [0.25, 0.3) is 0 Å². The second-order valence-corrected chi connectivity index (χ2v) is 8.54. The lowest BCUT2D eigenvalue weighted by molar-refractivity contribution is -0.174. The Kier molecular flexibility index (Phi) is 3.98. The van der Waals surface area contributed by atoms with Crippen molar-refractivity contribution >= 4 is 5.91 Å². The van der Waals surface area contributed by atoms with E-state index < -0.39 is 0 Å². The summed E-state index contributed by atoms with van der Waals surface area (Å²) in [6, 6.07) is 7.91. The molecule has 5 nitrogen and oxygen atoms in total. The normalized spacial score (nSPS) is 33.6. The van der Waals surface area contributed by atoms with Crippen molar-refractivity contribution in [3.05, 3.63) is 29.3 Å². The van der Waals surface area contributed by atoms with Crippen molar-refractivity contribution in [1.82, 2.24) is 9.80 Å². The van der Waals surface area contributed by atoms with Gasteiger partial charge >= 0.3 is 0 Å². The van der Waals surface area contributed by atoms with Crippen molar-refractivity contribution in [1.29, 1.82) is 0 Å². The molecule has 2 atom stereocenters. The topological polar surface area (TPSA) is 42.0 Å². The van der Waals surface area contributed by atoms with Gasteiger partial charge in [0.05, 0.1) is 12.2 Å². The Bertz CT molecular complexity index is 705. The van der Waals surface area contributed by atoms with Crippen LogP contribution in [0.15, 0.2) is 18.2 Å². The van der Waals surface area contributed by atoms with E-state index in [9.17, 15) is 4.79 Å². The minimum absolute atomic E-state index is 0.101. The number of likely N-dealkylation sites (N-methyl/N-ethyl adjacent to an activating group) is 1. The molecule has 4 aliphatic rings. The van der Waals surface area contributed by atoms with Crippen LogP contribution in [0.2, 0.25) is 0 Å². The maximum Gasteiger partial charge on any atom is 0.248 e. The number of amides is 1. The molecule has 5 rings (SSSR count). The maximum absolute atomic E-state index is 11.8. The first-order valence-electron chi connectivity index (χ1n) is 10.0. The summed E-state index contributed by atoms with van der Waals surface area (Å²) in [5.74, 6) is 1.19. The predicted octanol–water partition coefficient (Wildman–Crippen LogP) is 2.02. The quantitative estimate of drug-likeness (QED) is 0.831. The van der Waals surface area contributed by atoms with Crippen LogP contribution in [0.4, 0.5) is 0 Å². The molecular weight excluding hydrogens is 328 g/mol. The number of nitrogens with zero attached hydrogens (tertiary/aromatic N) is 2. The van der Waals surface area contributed by atoms with Crippen LogP contribution in [-0.2, 0) is 22.4 Å². The Hall–Kier alpha value is -1.59. The molecule has 26 heavy (non-hydrogen) atoms. The molecule has 0 aliphatic carbocycles. The number of hydrogen-bond donors (Lipinski definition) is 0. The van der Waals surface area contributed by atoms with Gasteiger partial charge in [0.25, 0.3) is 0 Å². The average Bonchev–Trinajstić information content (AvgIpc) is 3.19. The van der Waals surface area contributed by atoms with Crippen molar-refractivity contribution in [3.63, 3.8) is 0 Å². The Morgan fingerprint density at radius 3 is 2.81 bits per heavy atom. The molecule has 0 aromatic heterocycles. The lowest BCUT2D eigenvalue weighted by atomic mass is 9.84. The number of benzene rings is 1. The van der Waals surface area contributed by atoms with Gasteiger partial charge in [-0.15, -0.1) is 0 Å². The van der Waals surface area contributed by atoms with E-state index in [2.05, 4.69) is 23.1 Å². The van der Waals surface area contributed by atoms with Gasteiger partial charge in [-0.3, -0.25) is 9.69 Å². The molecule has 1 aromatic carbocycles. The summed E-state index contributed by atoms with van der Waals surface area (Å²) in [5, 5.41) is 0. The Balaban J connectivity index is 1.24. The van der Waals surface area contributed by atoms with Crippen molar-refractivity contribution in [3.8, 4) is 5.75 Å². The summed E-state index contributed by atoms with van der Waals surface area (Å²) in [5.41, 5.74) is 2.69. The number of fused-ring (bicyclic) bond motifs is 3. The summed E-state index contributed by atoms with van der Waals surface area (Å²) in [6.07, 6.45) is 6.83. The molecule has 140 valence electrons. The molecule has 3 saturated heterocycles. The molecular formula is C21H28N2O3. The van der Waals surface area contributed by atoms with E-state index in [1.807, 2.05) is 11.9 Å². The summed E-state index contributed by atoms with van der Waals surface area (Å²) < 4.78 is 11.7. The van der Waals surface area contributed by atoms with E-state index in [1.165, 1.54) is 24.0 Å². The van der Waals surface area contributed by atoms with Gasteiger partial charge in [-0.1, -0.05) is 12.1 Å². The summed E-state index contributed by atoms with van der Waals surface area (Å²) >= 11 is 0. The van der Waals surface area contributed by atoms with Crippen LogP contribution in [0.3, 0.4) is 0 Å². The van der Waals surface area contributed by atoms with Gasteiger partial charge in [0.2, 0.25) is 5.91 Å². The Labute approximate surface area is 155 Å². The third-order valence-electron chi connectivity index (χ3n) is 6.85. The van der Waals surface area contributed by atoms with E-state index in [4.69, 9.17) is 9.47 Å². The SMILES string of the molecule is CN1CC2(CC3CCC(C2)N3CCc2ccc3c(c2)CCO3)OCC1=O. The zero-order valence-electron chi connectivity index (χ0n) is 15.6. The van der Waals surface area contributed by atoms with Gasteiger partial charge in [0.1, 0.15) is 12.4 Å². The fraction of sp³-hybridized carbons (Fsp3) is 0.667. The number of hydrogen-bond acceptors (Lipinski definition) is 4. The summed E-state index contributed by atoms with van der Waals surface area (Å²) in [7, 11) is 1.92. The smallest absolute Gasteiger partial charge is 0.248 e. The van der Waals surface area contributed by atoms with Crippen LogP contribution in [-0.4, -0.2) is 66.7 Å². The van der Waals surface area contributed by atoms with Crippen LogP contribution >= 0.6 is 0 Å². The molecule has 0 saturated carbocycles. The first-order valence-corrected chi connectivity index (χ1v) is 10.0. The molecule has 1 aromatic rings. The lowest BCUT2D eigenvalue weighted by Crippen LogP contribution is -2.60. The van der Waals surface area contributed by atoms with Crippen molar-refractivity contribution in [2.24, 2.45) is 0 Å². The average molecular weight is 356 g/mol. The number of morpholine rings is 1.